The van der Waals surface area contributed by atoms with Gasteiger partial charge in [-0.05, 0) is 30.7 Å². The van der Waals surface area contributed by atoms with Gasteiger partial charge in [0.15, 0.2) is 29.4 Å². The van der Waals surface area contributed by atoms with Crippen LogP contribution in [-0.2, 0) is 14.9 Å². The van der Waals surface area contributed by atoms with E-state index in [2.05, 4.69) is 20.3 Å². The highest BCUT2D eigenvalue weighted by molar-refractivity contribution is 7.87. The predicted molar refractivity (Wildman–Crippen MR) is 140 cm³/mol. The van der Waals surface area contributed by atoms with Crippen LogP contribution in [0.1, 0.15) is 29.9 Å². The number of imidazole rings is 1. The minimum absolute atomic E-state index is 0.0621. The summed E-state index contributed by atoms with van der Waals surface area (Å²) < 4.78 is 52.7. The maximum absolute atomic E-state index is 15.4. The summed E-state index contributed by atoms with van der Waals surface area (Å²) in [4.78, 5) is 35.3. The lowest BCUT2D eigenvalue weighted by molar-refractivity contribution is -0.384. The molecule has 15 heteroatoms. The van der Waals surface area contributed by atoms with E-state index in [0.29, 0.717) is 5.56 Å². The highest BCUT2D eigenvalue weighted by Gasteiger charge is 2.44. The fourth-order valence-electron chi connectivity index (χ4n) is 4.36. The summed E-state index contributed by atoms with van der Waals surface area (Å²) in [7, 11) is -4.09. The van der Waals surface area contributed by atoms with Crippen LogP contribution in [0, 0.1) is 16.0 Å². The van der Waals surface area contributed by atoms with Gasteiger partial charge >= 0.3 is 10.1 Å². The van der Waals surface area contributed by atoms with E-state index in [1.165, 1.54) is 29.4 Å². The Morgan fingerprint density at radius 2 is 1.88 bits per heavy atom. The number of carbonyl (C=O) groups excluding carboxylic acids is 1. The number of carbonyl (C=O) groups is 1. The van der Waals surface area contributed by atoms with Crippen LogP contribution in [0.3, 0.4) is 0 Å². The van der Waals surface area contributed by atoms with Gasteiger partial charge in [0.1, 0.15) is 12.1 Å². The van der Waals surface area contributed by atoms with Crippen molar-refractivity contribution in [3.8, 4) is 5.75 Å². The molecule has 0 saturated carbocycles. The van der Waals surface area contributed by atoms with Crippen molar-refractivity contribution in [2.45, 2.75) is 31.8 Å². The molecule has 1 fully saturated rings. The second-order valence-corrected chi connectivity index (χ2v) is 10.8. The Bertz CT molecular complexity index is 1650. The Hall–Kier alpha value is -4.50. The van der Waals surface area contributed by atoms with Crippen LogP contribution in [0.5, 0.6) is 5.75 Å². The molecule has 40 heavy (non-hydrogen) atoms. The molecule has 4 aromatic rings. The highest BCUT2D eigenvalue weighted by atomic mass is 32.2. The summed E-state index contributed by atoms with van der Waals surface area (Å²) in [5.41, 5.74) is 0.674. The number of nitrogens with zero attached hydrogens (tertiary/aromatic N) is 5. The molecular formula is C25H23FN6O7S. The number of ether oxygens (including phenoxy) is 1. The third-order valence-corrected chi connectivity index (χ3v) is 7.68. The molecule has 13 nitrogen and oxygen atoms in total. The Labute approximate surface area is 227 Å². The first-order valence-electron chi connectivity index (χ1n) is 12.1. The summed E-state index contributed by atoms with van der Waals surface area (Å²) in [6.07, 6.45) is -0.946. The molecule has 2 aromatic heterocycles. The number of rotatable bonds is 9. The maximum Gasteiger partial charge on any atom is 0.309 e. The number of nitro benzene ring substituents is 1. The van der Waals surface area contributed by atoms with Crippen LogP contribution in [-0.4, -0.2) is 56.8 Å². The van der Waals surface area contributed by atoms with Crippen LogP contribution < -0.4 is 9.50 Å². The molecule has 3 heterocycles. The Morgan fingerprint density at radius 1 is 1.15 bits per heavy atom. The van der Waals surface area contributed by atoms with Crippen molar-refractivity contribution in [2.24, 2.45) is 5.92 Å². The first-order valence-corrected chi connectivity index (χ1v) is 13.7. The van der Waals surface area contributed by atoms with Gasteiger partial charge in [-0.1, -0.05) is 25.1 Å². The monoisotopic (exact) mass is 570 g/mol. The molecule has 0 aliphatic carbocycles. The molecule has 0 radical (unpaired) electrons. The molecule has 0 unspecified atom stereocenters. The minimum atomic E-state index is -4.09. The Kier molecular flexibility index (Phi) is 7.40. The number of alkyl halides is 1. The number of amides is 1. The summed E-state index contributed by atoms with van der Waals surface area (Å²) in [5, 5.41) is 13.5. The van der Waals surface area contributed by atoms with Crippen molar-refractivity contribution in [3.63, 3.8) is 0 Å². The van der Waals surface area contributed by atoms with Crippen molar-refractivity contribution in [1.82, 2.24) is 19.5 Å². The second kappa shape index (κ2) is 10.9. The van der Waals surface area contributed by atoms with Crippen molar-refractivity contribution < 1.29 is 31.4 Å². The molecule has 208 valence electrons. The van der Waals surface area contributed by atoms with Crippen LogP contribution in [0.2, 0.25) is 0 Å². The van der Waals surface area contributed by atoms with E-state index in [-0.39, 0.29) is 34.8 Å². The van der Waals surface area contributed by atoms with Gasteiger partial charge in [-0.3, -0.25) is 19.5 Å². The lowest BCUT2D eigenvalue weighted by atomic mass is 10.00. The number of aromatic nitrogens is 4. The zero-order chi connectivity index (χ0) is 28.4. The first kappa shape index (κ1) is 27.1. The summed E-state index contributed by atoms with van der Waals surface area (Å²) in [6, 6.07) is 13.1. The number of non-ortho nitro benzene ring substituents is 1. The maximum atomic E-state index is 15.4. The molecular weight excluding hydrogens is 547 g/mol. The first-order chi connectivity index (χ1) is 19.1. The Balaban J connectivity index is 1.27. The van der Waals surface area contributed by atoms with E-state index in [1.54, 1.807) is 37.3 Å². The fraction of sp³-hybridized carbons (Fsp3) is 0.280. The normalized spacial score (nSPS) is 20.9. The molecule has 4 atom stereocenters. The average Bonchev–Trinajstić information content (AvgIpc) is 3.49. The average molecular weight is 571 g/mol. The van der Waals surface area contributed by atoms with Crippen molar-refractivity contribution in [2.75, 3.05) is 11.1 Å². The molecule has 1 saturated heterocycles. The van der Waals surface area contributed by atoms with Gasteiger partial charge in [-0.25, -0.2) is 19.3 Å². The molecule has 0 spiro atoms. The number of hydrogen-bond acceptors (Lipinski definition) is 10. The SMILES string of the molecule is C[C@H]1[C@@H](F)[C@H](n2cnc3c(NC(=O)c4ccccc4)ncnc32)O[C@@H]1CCS(=O)(=O)Oc1ccc([N+](=O)[O-])cc1. The van der Waals surface area contributed by atoms with Crippen molar-refractivity contribution in [1.29, 1.82) is 0 Å². The highest BCUT2D eigenvalue weighted by Crippen LogP contribution is 2.39. The van der Waals surface area contributed by atoms with Gasteiger partial charge < -0.3 is 14.2 Å². The number of halogens is 1. The molecule has 1 amide bonds. The summed E-state index contributed by atoms with van der Waals surface area (Å²) in [5.74, 6) is -1.48. The van der Waals surface area contributed by atoms with E-state index >= 15 is 4.39 Å². The zero-order valence-electron chi connectivity index (χ0n) is 21.0. The minimum Gasteiger partial charge on any atom is -0.382 e. The lowest BCUT2D eigenvalue weighted by Gasteiger charge is -2.16. The van der Waals surface area contributed by atoms with Crippen LogP contribution in [0.15, 0.2) is 67.3 Å². The molecule has 1 N–H and O–H groups in total. The van der Waals surface area contributed by atoms with E-state index in [1.807, 2.05) is 0 Å². The van der Waals surface area contributed by atoms with Gasteiger partial charge in [-0.2, -0.15) is 8.42 Å². The van der Waals surface area contributed by atoms with Crippen molar-refractivity contribution in [3.05, 3.63) is 82.9 Å². The van der Waals surface area contributed by atoms with Gasteiger partial charge in [0, 0.05) is 23.6 Å². The van der Waals surface area contributed by atoms with Gasteiger partial charge in [-0.15, -0.1) is 0 Å². The van der Waals surface area contributed by atoms with Crippen molar-refractivity contribution >= 4 is 38.7 Å². The second-order valence-electron chi connectivity index (χ2n) is 9.12. The largest absolute Gasteiger partial charge is 0.382 e. The summed E-state index contributed by atoms with van der Waals surface area (Å²) >= 11 is 0. The zero-order valence-corrected chi connectivity index (χ0v) is 21.8. The number of anilines is 1. The quantitative estimate of drug-likeness (QED) is 0.178. The number of hydrogen-bond donors (Lipinski definition) is 1. The molecule has 1 aliphatic heterocycles. The number of nitrogens with one attached hydrogen (secondary N) is 1. The van der Waals surface area contributed by atoms with Gasteiger partial charge in [0.25, 0.3) is 11.6 Å². The summed E-state index contributed by atoms with van der Waals surface area (Å²) in [6.45, 7) is 1.61. The smallest absolute Gasteiger partial charge is 0.309 e. The molecule has 2 aromatic carbocycles. The van der Waals surface area contributed by atoms with Gasteiger partial charge in [0.05, 0.1) is 23.1 Å². The Morgan fingerprint density at radius 3 is 2.58 bits per heavy atom. The molecule has 5 rings (SSSR count). The number of nitro groups is 1. The van der Waals surface area contributed by atoms with E-state index in [9.17, 15) is 23.3 Å². The van der Waals surface area contributed by atoms with Crippen LogP contribution in [0.25, 0.3) is 11.2 Å². The van der Waals surface area contributed by atoms with E-state index < -0.39 is 51.1 Å². The number of fused-ring (bicyclic) bond motifs is 1. The van der Waals surface area contributed by atoms with E-state index in [4.69, 9.17) is 8.92 Å². The topological polar surface area (TPSA) is 168 Å². The third kappa shape index (κ3) is 5.60. The molecule has 0 bridgehead atoms. The predicted octanol–water partition coefficient (Wildman–Crippen LogP) is 3.66. The lowest BCUT2D eigenvalue weighted by Crippen LogP contribution is -2.23. The van der Waals surface area contributed by atoms with Crippen LogP contribution in [0.4, 0.5) is 15.9 Å². The fourth-order valence-corrected chi connectivity index (χ4v) is 5.37. The third-order valence-electron chi connectivity index (χ3n) is 6.50. The number of benzene rings is 2. The molecule has 1 aliphatic rings. The van der Waals surface area contributed by atoms with Gasteiger partial charge in [0.2, 0.25) is 0 Å². The van der Waals surface area contributed by atoms with Crippen LogP contribution >= 0.6 is 0 Å². The standard InChI is InChI=1S/C25H23FN6O7S/c1-15-19(11-12-40(36,37)39-18-9-7-17(8-10-18)32(34)35)38-25(20(15)26)31-14-29-21-22(27-13-28-23(21)31)30-24(33)16-5-3-2-4-6-16/h2-10,13-15,19-20,25H,11-12H2,1H3,(H,27,28,30,33)/t15-,19-,20-,25-/m1/s1. The van der Waals surface area contributed by atoms with E-state index in [0.717, 1.165) is 12.1 Å².